The summed E-state index contributed by atoms with van der Waals surface area (Å²) in [6.45, 7) is 2.69. The van der Waals surface area contributed by atoms with Crippen LogP contribution < -0.4 is 4.74 Å². The Labute approximate surface area is 183 Å². The zero-order valence-electron chi connectivity index (χ0n) is 17.3. The van der Waals surface area contributed by atoms with Gasteiger partial charge < -0.3 is 9.64 Å². The average molecular weight is 423 g/mol. The van der Waals surface area contributed by atoms with Gasteiger partial charge in [0, 0.05) is 37.2 Å². The number of ether oxygens (including phenoxy) is 1. The van der Waals surface area contributed by atoms with E-state index in [9.17, 15) is 4.79 Å². The molecule has 1 amide bonds. The topological polar surface area (TPSA) is 32.8 Å². The van der Waals surface area contributed by atoms with E-state index in [1.807, 2.05) is 42.5 Å². The van der Waals surface area contributed by atoms with Crippen molar-refractivity contribution >= 4 is 29.1 Å². The van der Waals surface area contributed by atoms with Gasteiger partial charge >= 0.3 is 0 Å². The minimum atomic E-state index is 0. The number of likely N-dealkylation sites (tertiary alicyclic amines) is 2. The number of methoxy groups -OCH3 is 1. The number of amides is 1. The number of halogens is 1. The zero-order chi connectivity index (χ0) is 20.0. The third-order valence-corrected chi connectivity index (χ3v) is 6.64. The Morgan fingerprint density at radius 2 is 1.67 bits per heavy atom. The third-order valence-electron chi connectivity index (χ3n) is 6.64. The number of benzene rings is 3. The van der Waals surface area contributed by atoms with E-state index >= 15 is 0 Å². The van der Waals surface area contributed by atoms with Crippen LogP contribution in [-0.4, -0.2) is 49.5 Å². The quantitative estimate of drug-likeness (QED) is 0.616. The van der Waals surface area contributed by atoms with Gasteiger partial charge in [0.05, 0.1) is 7.11 Å². The minimum Gasteiger partial charge on any atom is -0.497 e. The molecule has 5 heteroatoms. The van der Waals surface area contributed by atoms with Crippen molar-refractivity contribution in [1.29, 1.82) is 0 Å². The summed E-state index contributed by atoms with van der Waals surface area (Å²) in [6, 6.07) is 23.0. The minimum absolute atomic E-state index is 0. The molecule has 0 saturated carbocycles. The summed E-state index contributed by atoms with van der Waals surface area (Å²) in [7, 11) is 3.89. The van der Waals surface area contributed by atoms with Gasteiger partial charge in [-0.2, -0.15) is 0 Å². The van der Waals surface area contributed by atoms with Crippen LogP contribution in [0.25, 0.3) is 10.8 Å². The molecular formula is C25H27ClN2O2. The van der Waals surface area contributed by atoms with Crippen LogP contribution in [-0.2, 0) is 0 Å². The fourth-order valence-corrected chi connectivity index (χ4v) is 5.23. The van der Waals surface area contributed by atoms with E-state index in [2.05, 4.69) is 41.1 Å². The van der Waals surface area contributed by atoms with Crippen molar-refractivity contribution in [3.8, 4) is 5.75 Å². The SMILES string of the molecule is COc1ccc([C@@H]2[C@@H]3CN(C(=O)c4ccc5ccccc5c4)C[C@@H]3CN2C)cc1.Cl. The maximum absolute atomic E-state index is 13.2. The molecule has 0 radical (unpaired) electrons. The Balaban J connectivity index is 0.00000218. The maximum Gasteiger partial charge on any atom is 0.253 e. The molecule has 0 N–H and O–H groups in total. The van der Waals surface area contributed by atoms with Crippen LogP contribution in [0.5, 0.6) is 5.75 Å². The lowest BCUT2D eigenvalue weighted by atomic mass is 9.89. The molecule has 0 unspecified atom stereocenters. The first kappa shape index (κ1) is 20.7. The number of hydrogen-bond acceptors (Lipinski definition) is 3. The van der Waals surface area contributed by atoms with E-state index in [4.69, 9.17) is 4.74 Å². The molecule has 3 atom stereocenters. The van der Waals surface area contributed by atoms with Crippen molar-refractivity contribution in [2.45, 2.75) is 6.04 Å². The van der Waals surface area contributed by atoms with Crippen LogP contribution in [0.1, 0.15) is 22.0 Å². The Morgan fingerprint density at radius 3 is 2.40 bits per heavy atom. The van der Waals surface area contributed by atoms with Gasteiger partial charge in [-0.1, -0.05) is 42.5 Å². The van der Waals surface area contributed by atoms with Crippen LogP contribution in [0.4, 0.5) is 0 Å². The first-order valence-corrected chi connectivity index (χ1v) is 10.3. The van der Waals surface area contributed by atoms with Crippen LogP contribution in [0, 0.1) is 11.8 Å². The average Bonchev–Trinajstić information content (AvgIpc) is 3.29. The second-order valence-corrected chi connectivity index (χ2v) is 8.35. The highest BCUT2D eigenvalue weighted by atomic mass is 35.5. The van der Waals surface area contributed by atoms with Crippen LogP contribution >= 0.6 is 12.4 Å². The Bertz CT molecular complexity index is 1050. The number of hydrogen-bond donors (Lipinski definition) is 0. The molecule has 2 fully saturated rings. The second kappa shape index (κ2) is 8.29. The zero-order valence-corrected chi connectivity index (χ0v) is 18.1. The lowest BCUT2D eigenvalue weighted by Gasteiger charge is -2.27. The number of carbonyl (C=O) groups excluding carboxylic acids is 1. The summed E-state index contributed by atoms with van der Waals surface area (Å²) in [6.07, 6.45) is 0. The first-order valence-electron chi connectivity index (χ1n) is 10.3. The van der Waals surface area contributed by atoms with Crippen LogP contribution in [0.3, 0.4) is 0 Å². The van der Waals surface area contributed by atoms with Gasteiger partial charge in [0.25, 0.3) is 5.91 Å². The molecular weight excluding hydrogens is 396 g/mol. The van der Waals surface area contributed by atoms with E-state index in [-0.39, 0.29) is 18.3 Å². The second-order valence-electron chi connectivity index (χ2n) is 8.35. The maximum atomic E-state index is 13.2. The molecule has 0 spiro atoms. The largest absolute Gasteiger partial charge is 0.497 e. The molecule has 156 valence electrons. The van der Waals surface area contributed by atoms with E-state index in [0.29, 0.717) is 17.9 Å². The number of carbonyl (C=O) groups is 1. The lowest BCUT2D eigenvalue weighted by molar-refractivity contribution is 0.0768. The van der Waals surface area contributed by atoms with E-state index < -0.39 is 0 Å². The van der Waals surface area contributed by atoms with Gasteiger partial charge in [0.15, 0.2) is 0 Å². The third kappa shape index (κ3) is 3.55. The highest BCUT2D eigenvalue weighted by Gasteiger charge is 2.47. The summed E-state index contributed by atoms with van der Waals surface area (Å²) >= 11 is 0. The fraction of sp³-hybridized carbons (Fsp3) is 0.320. The summed E-state index contributed by atoms with van der Waals surface area (Å²) in [4.78, 5) is 17.7. The number of fused-ring (bicyclic) bond motifs is 2. The Kier molecular flexibility index (Phi) is 5.72. The molecule has 5 rings (SSSR count). The number of nitrogens with zero attached hydrogens (tertiary/aromatic N) is 2. The van der Waals surface area contributed by atoms with Crippen molar-refractivity contribution in [2.24, 2.45) is 11.8 Å². The smallest absolute Gasteiger partial charge is 0.253 e. The molecule has 2 heterocycles. The van der Waals surface area contributed by atoms with E-state index in [1.54, 1.807) is 7.11 Å². The molecule has 4 nitrogen and oxygen atoms in total. The van der Waals surface area contributed by atoms with Crippen molar-refractivity contribution in [3.05, 3.63) is 77.9 Å². The summed E-state index contributed by atoms with van der Waals surface area (Å²) < 4.78 is 5.31. The molecule has 0 bridgehead atoms. The van der Waals surface area contributed by atoms with Gasteiger partial charge in [-0.25, -0.2) is 0 Å². The van der Waals surface area contributed by atoms with Crippen molar-refractivity contribution in [1.82, 2.24) is 9.80 Å². The Hall–Kier alpha value is -2.56. The molecule has 2 aliphatic heterocycles. The number of rotatable bonds is 3. The monoisotopic (exact) mass is 422 g/mol. The first-order chi connectivity index (χ1) is 14.1. The predicted octanol–water partition coefficient (Wildman–Crippen LogP) is 4.65. The predicted molar refractivity (Wildman–Crippen MR) is 122 cm³/mol. The van der Waals surface area contributed by atoms with E-state index in [0.717, 1.165) is 36.3 Å². The van der Waals surface area contributed by atoms with Gasteiger partial charge in [0.1, 0.15) is 5.75 Å². The van der Waals surface area contributed by atoms with Gasteiger partial charge in [-0.05, 0) is 53.6 Å². The normalized spacial score (nSPS) is 23.3. The van der Waals surface area contributed by atoms with Gasteiger partial charge in [0.2, 0.25) is 0 Å². The van der Waals surface area contributed by atoms with Crippen molar-refractivity contribution < 1.29 is 9.53 Å². The fourth-order valence-electron chi connectivity index (χ4n) is 5.23. The molecule has 30 heavy (non-hydrogen) atoms. The lowest BCUT2D eigenvalue weighted by Crippen LogP contribution is -2.33. The van der Waals surface area contributed by atoms with Gasteiger partial charge in [-0.3, -0.25) is 9.69 Å². The van der Waals surface area contributed by atoms with Crippen LogP contribution in [0.2, 0.25) is 0 Å². The molecule has 3 aromatic carbocycles. The summed E-state index contributed by atoms with van der Waals surface area (Å²) in [5.74, 6) is 2.03. The summed E-state index contributed by atoms with van der Waals surface area (Å²) in [5, 5.41) is 2.29. The molecule has 0 aliphatic carbocycles. The van der Waals surface area contributed by atoms with E-state index in [1.165, 1.54) is 10.9 Å². The molecule has 2 saturated heterocycles. The highest BCUT2D eigenvalue weighted by Crippen LogP contribution is 2.44. The van der Waals surface area contributed by atoms with Crippen molar-refractivity contribution in [3.63, 3.8) is 0 Å². The van der Waals surface area contributed by atoms with Gasteiger partial charge in [-0.15, -0.1) is 12.4 Å². The summed E-state index contributed by atoms with van der Waals surface area (Å²) in [5.41, 5.74) is 2.10. The van der Waals surface area contributed by atoms with Crippen LogP contribution in [0.15, 0.2) is 66.7 Å². The highest BCUT2D eigenvalue weighted by molar-refractivity contribution is 5.98. The molecule has 2 aliphatic rings. The molecule has 0 aromatic heterocycles. The standard InChI is InChI=1S/C25H26N2O2.ClH/c1-26-14-21-15-27(16-23(21)24(26)18-9-11-22(29-2)12-10-18)25(28)20-8-7-17-5-3-4-6-19(17)13-20;/h3-13,21,23-24H,14-16H2,1-2H3;1H/t21-,23+,24+;/m0./s1. The Morgan fingerprint density at radius 1 is 0.933 bits per heavy atom. The molecule has 3 aromatic rings. The van der Waals surface area contributed by atoms with Crippen molar-refractivity contribution in [2.75, 3.05) is 33.8 Å².